The van der Waals surface area contributed by atoms with Crippen molar-refractivity contribution in [3.8, 4) is 0 Å². The zero-order valence-corrected chi connectivity index (χ0v) is 12.2. The van der Waals surface area contributed by atoms with Gasteiger partial charge in [-0.1, -0.05) is 0 Å². The van der Waals surface area contributed by atoms with E-state index < -0.39 is 28.7 Å². The maximum atomic E-state index is 12.7. The number of halogens is 3. The SMILES string of the molecule is NCc1ccc(S(=O)(=O)N2CCCC(C(F)(F)F)C2)s1. The Kier molecular flexibility index (Phi) is 4.43. The second-order valence-electron chi connectivity index (χ2n) is 4.67. The molecule has 2 N–H and O–H groups in total. The Bertz CT molecular complexity index is 568. The molecule has 20 heavy (non-hydrogen) atoms. The van der Waals surface area contributed by atoms with Crippen LogP contribution in [0.4, 0.5) is 13.2 Å². The van der Waals surface area contributed by atoms with Crippen LogP contribution in [0.2, 0.25) is 0 Å². The molecule has 114 valence electrons. The lowest BCUT2D eigenvalue weighted by Crippen LogP contribution is -2.44. The molecule has 0 saturated carbocycles. The van der Waals surface area contributed by atoms with Crippen LogP contribution < -0.4 is 5.73 Å². The van der Waals surface area contributed by atoms with Gasteiger partial charge >= 0.3 is 6.18 Å². The van der Waals surface area contributed by atoms with Gasteiger partial charge in [0.2, 0.25) is 0 Å². The lowest BCUT2D eigenvalue weighted by atomic mass is 9.99. The Morgan fingerprint density at radius 3 is 2.65 bits per heavy atom. The van der Waals surface area contributed by atoms with Gasteiger partial charge in [-0.15, -0.1) is 11.3 Å². The van der Waals surface area contributed by atoms with Crippen LogP contribution >= 0.6 is 11.3 Å². The van der Waals surface area contributed by atoms with Crippen molar-refractivity contribution < 1.29 is 21.6 Å². The fraction of sp³-hybridized carbons (Fsp3) is 0.636. The molecule has 1 atom stereocenters. The van der Waals surface area contributed by atoms with Gasteiger partial charge in [0.15, 0.2) is 0 Å². The van der Waals surface area contributed by atoms with Gasteiger partial charge in [0.1, 0.15) is 4.21 Å². The number of piperidine rings is 1. The Hall–Kier alpha value is -0.640. The first kappa shape index (κ1) is 15.7. The molecule has 0 aromatic carbocycles. The van der Waals surface area contributed by atoms with E-state index in [0.717, 1.165) is 15.6 Å². The summed E-state index contributed by atoms with van der Waals surface area (Å²) in [6.45, 7) is -0.155. The van der Waals surface area contributed by atoms with Crippen LogP contribution in [0.5, 0.6) is 0 Å². The van der Waals surface area contributed by atoms with E-state index in [1.54, 1.807) is 6.07 Å². The molecule has 4 nitrogen and oxygen atoms in total. The van der Waals surface area contributed by atoms with Crippen molar-refractivity contribution >= 4 is 21.4 Å². The van der Waals surface area contributed by atoms with Crippen molar-refractivity contribution in [3.63, 3.8) is 0 Å². The number of nitrogens with two attached hydrogens (primary N) is 1. The zero-order chi connectivity index (χ0) is 15.0. The average Bonchev–Trinajstić information content (AvgIpc) is 2.87. The Balaban J connectivity index is 2.21. The first-order valence-electron chi connectivity index (χ1n) is 6.11. The molecule has 9 heteroatoms. The molecule has 0 radical (unpaired) electrons. The minimum Gasteiger partial charge on any atom is -0.326 e. The van der Waals surface area contributed by atoms with Crippen LogP contribution in [0.25, 0.3) is 0 Å². The van der Waals surface area contributed by atoms with Gasteiger partial charge in [0.25, 0.3) is 10.0 Å². The van der Waals surface area contributed by atoms with Crippen LogP contribution in [0, 0.1) is 5.92 Å². The molecule has 0 bridgehead atoms. The highest BCUT2D eigenvalue weighted by Gasteiger charge is 2.44. The highest BCUT2D eigenvalue weighted by atomic mass is 32.2. The number of sulfonamides is 1. The summed E-state index contributed by atoms with van der Waals surface area (Å²) in [6.07, 6.45) is -4.15. The monoisotopic (exact) mass is 328 g/mol. The number of hydrogen-bond acceptors (Lipinski definition) is 4. The third kappa shape index (κ3) is 3.16. The highest BCUT2D eigenvalue weighted by molar-refractivity contribution is 7.91. The topological polar surface area (TPSA) is 63.4 Å². The van der Waals surface area contributed by atoms with Crippen LogP contribution in [0.1, 0.15) is 17.7 Å². The Morgan fingerprint density at radius 2 is 2.10 bits per heavy atom. The van der Waals surface area contributed by atoms with Gasteiger partial charge in [-0.2, -0.15) is 17.5 Å². The number of alkyl halides is 3. The van der Waals surface area contributed by atoms with E-state index in [1.807, 2.05) is 0 Å². The molecular weight excluding hydrogens is 313 g/mol. The lowest BCUT2D eigenvalue weighted by molar-refractivity contribution is -0.182. The highest BCUT2D eigenvalue weighted by Crippen LogP contribution is 2.35. The predicted octanol–water partition coefficient (Wildman–Crippen LogP) is 2.17. The molecule has 0 amide bonds. The molecule has 0 spiro atoms. The van der Waals surface area contributed by atoms with E-state index in [9.17, 15) is 21.6 Å². The number of hydrogen-bond donors (Lipinski definition) is 1. The molecule has 0 aliphatic carbocycles. The third-order valence-corrected chi connectivity index (χ3v) is 6.72. The van der Waals surface area contributed by atoms with Crippen LogP contribution in [0.3, 0.4) is 0 Å². The van der Waals surface area contributed by atoms with Crippen molar-refractivity contribution in [1.82, 2.24) is 4.31 Å². The second kappa shape index (κ2) is 5.63. The summed E-state index contributed by atoms with van der Waals surface area (Å²) >= 11 is 1.01. The van der Waals surface area contributed by atoms with Gasteiger partial charge in [-0.25, -0.2) is 8.42 Å². The molecule has 2 heterocycles. The lowest BCUT2D eigenvalue weighted by Gasteiger charge is -2.32. The number of nitrogens with zero attached hydrogens (tertiary/aromatic N) is 1. The summed E-state index contributed by atoms with van der Waals surface area (Å²) in [4.78, 5) is 0.688. The molecule has 1 aliphatic rings. The normalized spacial score (nSPS) is 22.1. The Morgan fingerprint density at radius 1 is 1.40 bits per heavy atom. The molecule has 1 fully saturated rings. The molecule has 1 unspecified atom stereocenters. The van der Waals surface area contributed by atoms with Gasteiger partial charge in [0.05, 0.1) is 5.92 Å². The molecule has 2 rings (SSSR count). The summed E-state index contributed by atoms with van der Waals surface area (Å²) < 4.78 is 63.8. The van der Waals surface area contributed by atoms with E-state index in [-0.39, 0.29) is 30.1 Å². The largest absolute Gasteiger partial charge is 0.393 e. The quantitative estimate of drug-likeness (QED) is 0.925. The smallest absolute Gasteiger partial charge is 0.326 e. The number of thiophene rings is 1. The van der Waals surface area contributed by atoms with Crippen LogP contribution in [-0.4, -0.2) is 32.0 Å². The van der Waals surface area contributed by atoms with Gasteiger partial charge in [-0.05, 0) is 25.0 Å². The van der Waals surface area contributed by atoms with E-state index in [2.05, 4.69) is 0 Å². The minimum atomic E-state index is -4.36. The summed E-state index contributed by atoms with van der Waals surface area (Å²) in [5, 5.41) is 0. The van der Waals surface area contributed by atoms with Crippen molar-refractivity contribution in [1.29, 1.82) is 0 Å². The standard InChI is InChI=1S/C11H15F3N2O2S2/c12-11(13,14)8-2-1-5-16(7-8)20(17,18)10-4-3-9(6-15)19-10/h3-4,8H,1-2,5-7,15H2. The van der Waals surface area contributed by atoms with E-state index in [4.69, 9.17) is 5.73 Å². The van der Waals surface area contributed by atoms with Crippen molar-refractivity contribution in [2.45, 2.75) is 29.8 Å². The predicted molar refractivity (Wildman–Crippen MR) is 69.7 cm³/mol. The van der Waals surface area contributed by atoms with Crippen LogP contribution in [-0.2, 0) is 16.6 Å². The van der Waals surface area contributed by atoms with Gasteiger partial charge in [-0.3, -0.25) is 0 Å². The zero-order valence-electron chi connectivity index (χ0n) is 10.6. The van der Waals surface area contributed by atoms with Crippen molar-refractivity contribution in [2.24, 2.45) is 11.7 Å². The summed E-state index contributed by atoms with van der Waals surface area (Å²) in [5.41, 5.74) is 5.42. The summed E-state index contributed by atoms with van der Waals surface area (Å²) in [6, 6.07) is 2.99. The number of rotatable bonds is 3. The van der Waals surface area contributed by atoms with Crippen molar-refractivity contribution in [2.75, 3.05) is 13.1 Å². The average molecular weight is 328 g/mol. The maximum absolute atomic E-state index is 12.7. The van der Waals surface area contributed by atoms with Crippen molar-refractivity contribution in [3.05, 3.63) is 17.0 Å². The molecular formula is C11H15F3N2O2S2. The minimum absolute atomic E-state index is 0.0198. The van der Waals surface area contributed by atoms with Crippen LogP contribution in [0.15, 0.2) is 16.3 Å². The fourth-order valence-electron chi connectivity index (χ4n) is 2.16. The fourth-order valence-corrected chi connectivity index (χ4v) is 5.07. The van der Waals surface area contributed by atoms with E-state index >= 15 is 0 Å². The van der Waals surface area contributed by atoms with Gasteiger partial charge < -0.3 is 5.73 Å². The second-order valence-corrected chi connectivity index (χ2v) is 8.00. The summed E-state index contributed by atoms with van der Waals surface area (Å²) in [7, 11) is -3.85. The first-order chi connectivity index (χ1) is 9.25. The molecule has 1 aromatic heterocycles. The Labute approximate surface area is 119 Å². The summed E-state index contributed by atoms with van der Waals surface area (Å²) in [5.74, 6) is -1.58. The molecule has 1 saturated heterocycles. The third-order valence-electron chi connectivity index (χ3n) is 3.28. The van der Waals surface area contributed by atoms with E-state index in [1.165, 1.54) is 6.07 Å². The maximum Gasteiger partial charge on any atom is 0.393 e. The first-order valence-corrected chi connectivity index (χ1v) is 8.36. The molecule has 1 aliphatic heterocycles. The van der Waals surface area contributed by atoms with Gasteiger partial charge in [0, 0.05) is 24.5 Å². The molecule has 1 aromatic rings. The van der Waals surface area contributed by atoms with E-state index in [0.29, 0.717) is 4.88 Å².